The number of nitrogens with zero attached hydrogens (tertiary/aromatic N) is 2. The van der Waals surface area contributed by atoms with Gasteiger partial charge in [-0.3, -0.25) is 14.6 Å². The molecule has 0 radical (unpaired) electrons. The number of amides is 1. The first kappa shape index (κ1) is 19.3. The van der Waals surface area contributed by atoms with Crippen LogP contribution in [-0.4, -0.2) is 41.0 Å². The average Bonchev–Trinajstić information content (AvgIpc) is 2.57. The Labute approximate surface area is 160 Å². The van der Waals surface area contributed by atoms with Gasteiger partial charge in [0.2, 0.25) is 0 Å². The molecule has 0 unspecified atom stereocenters. The maximum absolute atomic E-state index is 13.3. The summed E-state index contributed by atoms with van der Waals surface area (Å²) in [6, 6.07) is 6.01. The molecule has 0 spiro atoms. The summed E-state index contributed by atoms with van der Waals surface area (Å²) in [6.45, 7) is 7.41. The van der Waals surface area contributed by atoms with E-state index in [0.717, 1.165) is 53.4 Å². The molecule has 1 aromatic carbocycles. The molecule has 5 nitrogen and oxygen atoms in total. The third kappa shape index (κ3) is 4.29. The van der Waals surface area contributed by atoms with Gasteiger partial charge in [0.05, 0.1) is 11.1 Å². The lowest BCUT2D eigenvalue weighted by molar-refractivity contribution is -0.155. The fourth-order valence-corrected chi connectivity index (χ4v) is 3.61. The van der Waals surface area contributed by atoms with Crippen LogP contribution in [0.1, 0.15) is 60.8 Å². The number of fused-ring (bicyclic) bond motifs is 2. The molecule has 0 aliphatic heterocycles. The van der Waals surface area contributed by atoms with E-state index >= 15 is 0 Å². The summed E-state index contributed by atoms with van der Waals surface area (Å²) in [6.07, 6.45) is 3.91. The Bertz CT molecular complexity index is 897. The topological polar surface area (TPSA) is 59.5 Å². The lowest BCUT2D eigenvalue weighted by atomic mass is 9.89. The van der Waals surface area contributed by atoms with Crippen molar-refractivity contribution in [1.82, 2.24) is 9.88 Å². The van der Waals surface area contributed by atoms with Crippen molar-refractivity contribution in [3.8, 4) is 0 Å². The van der Waals surface area contributed by atoms with Crippen LogP contribution in [0.15, 0.2) is 18.2 Å². The summed E-state index contributed by atoms with van der Waals surface area (Å²) in [7, 11) is 1.66. The number of carbonyl (C=O) groups excluding carboxylic acids is 2. The molecule has 2 aromatic rings. The van der Waals surface area contributed by atoms with Gasteiger partial charge in [0, 0.05) is 18.1 Å². The predicted molar refractivity (Wildman–Crippen MR) is 106 cm³/mol. The summed E-state index contributed by atoms with van der Waals surface area (Å²) in [4.78, 5) is 31.8. The van der Waals surface area contributed by atoms with Crippen molar-refractivity contribution in [3.05, 3.63) is 40.6 Å². The van der Waals surface area contributed by atoms with E-state index in [2.05, 4.69) is 0 Å². The number of hydrogen-bond donors (Lipinski definition) is 0. The number of pyridine rings is 1. The second-order valence-corrected chi connectivity index (χ2v) is 8.39. The predicted octanol–water partition coefficient (Wildman–Crippen LogP) is 3.84. The maximum atomic E-state index is 13.3. The van der Waals surface area contributed by atoms with Crippen molar-refractivity contribution in [2.24, 2.45) is 0 Å². The highest BCUT2D eigenvalue weighted by Crippen LogP contribution is 2.30. The minimum Gasteiger partial charge on any atom is -0.459 e. The fraction of sp³-hybridized carbons (Fsp3) is 0.500. The third-order valence-electron chi connectivity index (χ3n) is 4.76. The molecule has 0 atom stereocenters. The van der Waals surface area contributed by atoms with Crippen LogP contribution in [-0.2, 0) is 22.4 Å². The maximum Gasteiger partial charge on any atom is 0.326 e. The lowest BCUT2D eigenvalue weighted by Gasteiger charge is -2.25. The van der Waals surface area contributed by atoms with Crippen LogP contribution in [0.4, 0.5) is 0 Å². The van der Waals surface area contributed by atoms with E-state index in [-0.39, 0.29) is 12.5 Å². The van der Waals surface area contributed by atoms with Gasteiger partial charge in [0.15, 0.2) is 0 Å². The molecule has 0 N–H and O–H groups in total. The van der Waals surface area contributed by atoms with Gasteiger partial charge in [-0.05, 0) is 71.1 Å². The van der Waals surface area contributed by atoms with Crippen molar-refractivity contribution in [2.75, 3.05) is 13.6 Å². The normalized spacial score (nSPS) is 14.0. The molecule has 1 aromatic heterocycles. The number of likely N-dealkylation sites (N-methyl/N-ethyl adjacent to an activating group) is 1. The zero-order valence-corrected chi connectivity index (χ0v) is 16.9. The Morgan fingerprint density at radius 2 is 1.89 bits per heavy atom. The van der Waals surface area contributed by atoms with Gasteiger partial charge in [-0.1, -0.05) is 11.6 Å². The molecule has 0 fully saturated rings. The summed E-state index contributed by atoms with van der Waals surface area (Å²) < 4.78 is 5.37. The highest BCUT2D eigenvalue weighted by atomic mass is 16.6. The largest absolute Gasteiger partial charge is 0.459 e. The summed E-state index contributed by atoms with van der Waals surface area (Å²) in [5, 5.41) is 0.872. The molecular formula is C22H28N2O3. The number of ether oxygens (including phenoxy) is 1. The number of benzene rings is 1. The average molecular weight is 368 g/mol. The van der Waals surface area contributed by atoms with Gasteiger partial charge in [0.25, 0.3) is 5.91 Å². The van der Waals surface area contributed by atoms with Crippen LogP contribution in [0.3, 0.4) is 0 Å². The van der Waals surface area contributed by atoms with Crippen molar-refractivity contribution in [1.29, 1.82) is 0 Å². The molecular weight excluding hydrogens is 340 g/mol. The molecule has 1 aliphatic rings. The van der Waals surface area contributed by atoms with Crippen molar-refractivity contribution >= 4 is 22.8 Å². The summed E-state index contributed by atoms with van der Waals surface area (Å²) in [5.74, 6) is -0.543. The van der Waals surface area contributed by atoms with Gasteiger partial charge in [-0.15, -0.1) is 0 Å². The monoisotopic (exact) mass is 368 g/mol. The van der Waals surface area contributed by atoms with Crippen LogP contribution in [0.2, 0.25) is 0 Å². The van der Waals surface area contributed by atoms with Crippen LogP contribution in [0.5, 0.6) is 0 Å². The van der Waals surface area contributed by atoms with Crippen LogP contribution >= 0.6 is 0 Å². The first-order chi connectivity index (χ1) is 12.7. The van der Waals surface area contributed by atoms with Crippen LogP contribution < -0.4 is 0 Å². The van der Waals surface area contributed by atoms with E-state index < -0.39 is 11.6 Å². The highest BCUT2D eigenvalue weighted by molar-refractivity contribution is 6.08. The van der Waals surface area contributed by atoms with E-state index in [1.165, 1.54) is 4.90 Å². The molecule has 0 bridgehead atoms. The fourth-order valence-electron chi connectivity index (χ4n) is 3.61. The molecule has 1 aliphatic carbocycles. The molecule has 0 saturated carbocycles. The minimum atomic E-state index is -0.569. The number of carbonyl (C=O) groups is 2. The number of aryl methyl sites for hydroxylation is 2. The SMILES string of the molecule is Cc1ccc2nc3c(c(C(=O)N(C)CC(=O)OC(C)(C)C)c2c1)CCCC3. The van der Waals surface area contributed by atoms with Crippen LogP contribution in [0.25, 0.3) is 10.9 Å². The number of esters is 1. The molecule has 1 heterocycles. The zero-order valence-electron chi connectivity index (χ0n) is 16.9. The van der Waals surface area contributed by atoms with Crippen molar-refractivity contribution in [2.45, 2.75) is 59.0 Å². The van der Waals surface area contributed by atoms with Gasteiger partial charge in [0.1, 0.15) is 12.1 Å². The van der Waals surface area contributed by atoms with Gasteiger partial charge < -0.3 is 9.64 Å². The smallest absolute Gasteiger partial charge is 0.326 e. The molecule has 1 amide bonds. The Morgan fingerprint density at radius 3 is 2.59 bits per heavy atom. The third-order valence-corrected chi connectivity index (χ3v) is 4.76. The number of hydrogen-bond acceptors (Lipinski definition) is 4. The van der Waals surface area contributed by atoms with E-state index in [0.29, 0.717) is 5.56 Å². The zero-order chi connectivity index (χ0) is 19.8. The van der Waals surface area contributed by atoms with Gasteiger partial charge in [-0.2, -0.15) is 0 Å². The first-order valence-electron chi connectivity index (χ1n) is 9.55. The van der Waals surface area contributed by atoms with E-state index in [1.807, 2.05) is 45.9 Å². The van der Waals surface area contributed by atoms with E-state index in [9.17, 15) is 9.59 Å². The summed E-state index contributed by atoms with van der Waals surface area (Å²) in [5.41, 5.74) is 4.12. The lowest BCUT2D eigenvalue weighted by Crippen LogP contribution is -2.37. The van der Waals surface area contributed by atoms with Gasteiger partial charge >= 0.3 is 5.97 Å². The Kier molecular flexibility index (Phi) is 5.22. The Balaban J connectivity index is 2.00. The quantitative estimate of drug-likeness (QED) is 0.773. The van der Waals surface area contributed by atoms with Crippen LogP contribution in [0, 0.1) is 6.92 Å². The second-order valence-electron chi connectivity index (χ2n) is 8.39. The second kappa shape index (κ2) is 7.29. The first-order valence-corrected chi connectivity index (χ1v) is 9.55. The van der Waals surface area contributed by atoms with Gasteiger partial charge in [-0.25, -0.2) is 0 Å². The molecule has 3 rings (SSSR count). The standard InChI is InChI=1S/C22H28N2O3/c1-14-10-11-18-16(12-14)20(15-8-6-7-9-17(15)23-18)21(26)24(5)13-19(25)27-22(2,3)4/h10-12H,6-9,13H2,1-5H3. The summed E-state index contributed by atoms with van der Waals surface area (Å²) >= 11 is 0. The Morgan fingerprint density at radius 1 is 1.19 bits per heavy atom. The van der Waals surface area contributed by atoms with Crippen molar-refractivity contribution < 1.29 is 14.3 Å². The molecule has 144 valence electrons. The molecule has 5 heteroatoms. The van der Waals surface area contributed by atoms with E-state index in [4.69, 9.17) is 9.72 Å². The van der Waals surface area contributed by atoms with Crippen molar-refractivity contribution in [3.63, 3.8) is 0 Å². The number of aromatic nitrogens is 1. The molecule has 27 heavy (non-hydrogen) atoms. The Hall–Kier alpha value is -2.43. The van der Waals surface area contributed by atoms with E-state index in [1.54, 1.807) is 7.05 Å². The highest BCUT2D eigenvalue weighted by Gasteiger charge is 2.26. The minimum absolute atomic E-state index is 0.0689. The molecule has 0 saturated heterocycles. The number of rotatable bonds is 3.